The number of carboxylic acids is 1. The van der Waals surface area contributed by atoms with Gasteiger partial charge >= 0.3 is 5.97 Å². The van der Waals surface area contributed by atoms with E-state index in [-0.39, 0.29) is 35.3 Å². The van der Waals surface area contributed by atoms with Crippen LogP contribution in [-0.2, 0) is 10.4 Å². The van der Waals surface area contributed by atoms with E-state index in [1.165, 1.54) is 30.3 Å². The zero-order valence-corrected chi connectivity index (χ0v) is 13.5. The number of fused-ring (bicyclic) bond motifs is 6. The highest BCUT2D eigenvalue weighted by Gasteiger charge is 2.53. The molecular formula is C19H16O7. The molecule has 2 bridgehead atoms. The Bertz CT molecular complexity index is 965. The van der Waals surface area contributed by atoms with Crippen LogP contribution in [0.1, 0.15) is 45.8 Å². The maximum Gasteiger partial charge on any atom is 0.303 e. The first-order valence-electron chi connectivity index (χ1n) is 8.11. The molecule has 4 rings (SSSR count). The number of ketones is 1. The number of phenolic OH excluding ortho intramolecular Hbond substituents is 3. The van der Waals surface area contributed by atoms with Crippen LogP contribution in [0.5, 0.6) is 17.2 Å². The van der Waals surface area contributed by atoms with E-state index in [9.17, 15) is 35.1 Å². The van der Waals surface area contributed by atoms with Gasteiger partial charge in [-0.05, 0) is 35.7 Å². The van der Waals surface area contributed by atoms with Gasteiger partial charge in [0, 0.05) is 17.4 Å². The second-order valence-corrected chi connectivity index (χ2v) is 6.87. The summed E-state index contributed by atoms with van der Waals surface area (Å²) >= 11 is 0. The minimum absolute atomic E-state index is 0.0279. The predicted molar refractivity (Wildman–Crippen MR) is 88.3 cm³/mol. The molecule has 0 heterocycles. The van der Waals surface area contributed by atoms with Gasteiger partial charge in [0.1, 0.15) is 11.4 Å². The lowest BCUT2D eigenvalue weighted by Gasteiger charge is -2.46. The maximum atomic E-state index is 13.0. The number of hydrogen-bond acceptors (Lipinski definition) is 6. The van der Waals surface area contributed by atoms with Gasteiger partial charge in [0.15, 0.2) is 17.3 Å². The van der Waals surface area contributed by atoms with Crippen molar-refractivity contribution < 1.29 is 35.1 Å². The third kappa shape index (κ3) is 2.04. The Morgan fingerprint density at radius 2 is 1.77 bits per heavy atom. The lowest BCUT2D eigenvalue weighted by Crippen LogP contribution is -2.46. The van der Waals surface area contributed by atoms with Crippen LogP contribution >= 0.6 is 0 Å². The molecule has 0 unspecified atom stereocenters. The van der Waals surface area contributed by atoms with Crippen molar-refractivity contribution in [1.82, 2.24) is 0 Å². The highest BCUT2D eigenvalue weighted by atomic mass is 16.4. The smallest absolute Gasteiger partial charge is 0.303 e. The van der Waals surface area contributed by atoms with Gasteiger partial charge < -0.3 is 25.5 Å². The van der Waals surface area contributed by atoms with E-state index in [2.05, 4.69) is 0 Å². The third-order valence-electron chi connectivity index (χ3n) is 5.46. The van der Waals surface area contributed by atoms with Crippen molar-refractivity contribution in [2.75, 3.05) is 0 Å². The van der Waals surface area contributed by atoms with Crippen molar-refractivity contribution in [3.63, 3.8) is 0 Å². The first-order valence-corrected chi connectivity index (χ1v) is 8.11. The Morgan fingerprint density at radius 3 is 2.46 bits per heavy atom. The molecule has 7 nitrogen and oxygen atoms in total. The minimum Gasteiger partial charge on any atom is -0.507 e. The summed E-state index contributed by atoms with van der Waals surface area (Å²) in [6.45, 7) is 0. The molecule has 0 aromatic heterocycles. The average Bonchev–Trinajstić information content (AvgIpc) is 2.57. The number of aromatic hydroxyl groups is 3. The number of hydrogen-bond donors (Lipinski definition) is 5. The number of carboxylic acid groups (broad SMARTS) is 1. The van der Waals surface area contributed by atoms with Gasteiger partial charge in [0.2, 0.25) is 0 Å². The molecule has 0 fully saturated rings. The maximum absolute atomic E-state index is 13.0. The summed E-state index contributed by atoms with van der Waals surface area (Å²) in [6, 6.07) is 6.76. The quantitative estimate of drug-likeness (QED) is 0.518. The van der Waals surface area contributed by atoms with Crippen LogP contribution in [0.15, 0.2) is 30.3 Å². The normalized spacial score (nSPS) is 26.1. The van der Waals surface area contributed by atoms with Gasteiger partial charge in [0.25, 0.3) is 0 Å². The van der Waals surface area contributed by atoms with Crippen molar-refractivity contribution in [3.8, 4) is 17.2 Å². The molecular weight excluding hydrogens is 340 g/mol. The number of benzene rings is 2. The van der Waals surface area contributed by atoms with Crippen LogP contribution in [0.25, 0.3) is 0 Å². The average molecular weight is 356 g/mol. The monoisotopic (exact) mass is 356 g/mol. The van der Waals surface area contributed by atoms with E-state index >= 15 is 0 Å². The van der Waals surface area contributed by atoms with Crippen LogP contribution in [0.2, 0.25) is 0 Å². The van der Waals surface area contributed by atoms with E-state index in [0.717, 1.165) is 0 Å². The summed E-state index contributed by atoms with van der Waals surface area (Å²) < 4.78 is 0. The number of Topliss-reactive ketones (excluding diaryl/α,β-unsaturated/α-hetero) is 1. The molecule has 0 aliphatic heterocycles. The lowest BCUT2D eigenvalue weighted by molar-refractivity contribution is -0.138. The highest BCUT2D eigenvalue weighted by Crippen LogP contribution is 2.56. The zero-order chi connectivity index (χ0) is 18.8. The van der Waals surface area contributed by atoms with Crippen molar-refractivity contribution in [3.05, 3.63) is 52.6 Å². The molecule has 0 saturated carbocycles. The van der Waals surface area contributed by atoms with Crippen molar-refractivity contribution in [2.45, 2.75) is 24.4 Å². The molecule has 0 amide bonds. The molecule has 2 aliphatic carbocycles. The molecule has 134 valence electrons. The fraction of sp³-hybridized carbons (Fsp3) is 0.263. The van der Waals surface area contributed by atoms with Gasteiger partial charge in [-0.1, -0.05) is 12.1 Å². The molecule has 3 atom stereocenters. The van der Waals surface area contributed by atoms with E-state index in [1.807, 2.05) is 0 Å². The van der Waals surface area contributed by atoms with Crippen LogP contribution in [0, 0.1) is 5.92 Å². The first-order chi connectivity index (χ1) is 12.2. The van der Waals surface area contributed by atoms with E-state index in [0.29, 0.717) is 5.56 Å². The lowest BCUT2D eigenvalue weighted by atomic mass is 9.58. The minimum atomic E-state index is -1.68. The molecule has 2 aliphatic rings. The first kappa shape index (κ1) is 16.4. The number of aliphatic carboxylic acids is 1. The Labute approximate surface area is 147 Å². The molecule has 0 saturated heterocycles. The predicted octanol–water partition coefficient (Wildman–Crippen LogP) is 1.81. The van der Waals surface area contributed by atoms with Crippen LogP contribution in [-0.4, -0.2) is 37.3 Å². The fourth-order valence-corrected chi connectivity index (χ4v) is 4.35. The van der Waals surface area contributed by atoms with Gasteiger partial charge in [-0.3, -0.25) is 9.59 Å². The summed E-state index contributed by atoms with van der Waals surface area (Å²) in [7, 11) is 0. The van der Waals surface area contributed by atoms with Gasteiger partial charge in [-0.25, -0.2) is 0 Å². The standard InChI is InChI=1S/C19H16O7/c20-13-3-1-2-11-17(13)18(25)10-7-19(11,26)12-6-15(22)14(21)4-9(12)8(10)5-16(23)24/h1-4,6,8,10,20-22,26H,5,7H2,(H,23,24)/t8-,10+,19+/m0/s1. The number of aliphatic hydroxyl groups is 1. The Morgan fingerprint density at radius 1 is 1.08 bits per heavy atom. The SMILES string of the molecule is O=C(O)C[C@H]1c2cc(O)c(O)cc2[C@@]2(O)C[C@H]1C(=O)c1c(O)cccc12. The Hall–Kier alpha value is -3.06. The summed E-state index contributed by atoms with van der Waals surface area (Å²) in [6.07, 6.45) is -0.440. The van der Waals surface area contributed by atoms with Crippen LogP contribution in [0.4, 0.5) is 0 Å². The third-order valence-corrected chi connectivity index (χ3v) is 5.46. The Kier molecular flexibility index (Phi) is 3.29. The zero-order valence-electron chi connectivity index (χ0n) is 13.5. The van der Waals surface area contributed by atoms with Crippen molar-refractivity contribution >= 4 is 11.8 Å². The Balaban J connectivity index is 2.06. The topological polar surface area (TPSA) is 135 Å². The summed E-state index contributed by atoms with van der Waals surface area (Å²) in [5.74, 6) is -4.42. The van der Waals surface area contributed by atoms with Crippen LogP contribution < -0.4 is 0 Å². The number of phenols is 3. The molecule has 5 N–H and O–H groups in total. The van der Waals surface area contributed by atoms with Crippen molar-refractivity contribution in [2.24, 2.45) is 5.92 Å². The highest BCUT2D eigenvalue weighted by molar-refractivity contribution is 6.04. The van der Waals surface area contributed by atoms with Gasteiger partial charge in [-0.15, -0.1) is 0 Å². The molecule has 2 aromatic rings. The summed E-state index contributed by atoms with van der Waals surface area (Å²) in [4.78, 5) is 24.3. The van der Waals surface area contributed by atoms with E-state index in [4.69, 9.17) is 0 Å². The molecule has 0 radical (unpaired) electrons. The number of carbonyl (C=O) groups is 2. The van der Waals surface area contributed by atoms with Crippen LogP contribution in [0.3, 0.4) is 0 Å². The molecule has 7 heteroatoms. The van der Waals surface area contributed by atoms with Gasteiger partial charge in [0.05, 0.1) is 12.0 Å². The molecule has 2 aromatic carbocycles. The fourth-order valence-electron chi connectivity index (χ4n) is 4.35. The molecule has 26 heavy (non-hydrogen) atoms. The van der Waals surface area contributed by atoms with E-state index < -0.39 is 40.7 Å². The number of carbonyl (C=O) groups excluding carboxylic acids is 1. The van der Waals surface area contributed by atoms with Crippen molar-refractivity contribution in [1.29, 1.82) is 0 Å². The molecule has 0 spiro atoms. The van der Waals surface area contributed by atoms with E-state index in [1.54, 1.807) is 0 Å². The van der Waals surface area contributed by atoms with Gasteiger partial charge in [-0.2, -0.15) is 0 Å². The second-order valence-electron chi connectivity index (χ2n) is 6.87. The number of rotatable bonds is 2. The summed E-state index contributed by atoms with van der Waals surface area (Å²) in [5, 5.41) is 50.7. The largest absolute Gasteiger partial charge is 0.507 e. The second kappa shape index (κ2) is 5.22. The summed E-state index contributed by atoms with van der Waals surface area (Å²) in [5.41, 5.74) is -0.959.